The van der Waals surface area contributed by atoms with Gasteiger partial charge in [0.2, 0.25) is 5.91 Å². The standard InChI is InChI=1S/C26H24N2O8S/c1-18(29)27-20-8-10-22(11-9-20)37(31,32)36-25-15-19(7-12-23(25)33-2)16-28(17-21-5-3-13-34-21)26(30)24-6-4-14-35-24/h3-15H,16-17H2,1-2H3,(H,27,29). The molecule has 2 heterocycles. The molecule has 0 fully saturated rings. The Labute approximate surface area is 213 Å². The number of nitrogens with zero attached hydrogens (tertiary/aromatic N) is 1. The highest BCUT2D eigenvalue weighted by Gasteiger charge is 2.23. The minimum absolute atomic E-state index is 0.0469. The molecule has 2 amide bonds. The summed E-state index contributed by atoms with van der Waals surface area (Å²) in [6.07, 6.45) is 2.92. The Morgan fingerprint density at radius 1 is 0.919 bits per heavy atom. The molecule has 0 aliphatic carbocycles. The van der Waals surface area contributed by atoms with Crippen molar-refractivity contribution in [3.05, 3.63) is 96.3 Å². The summed E-state index contributed by atoms with van der Waals surface area (Å²) in [6, 6.07) is 17.0. The average molecular weight is 525 g/mol. The molecule has 10 nitrogen and oxygen atoms in total. The van der Waals surface area contributed by atoms with Gasteiger partial charge in [-0.25, -0.2) is 0 Å². The lowest BCUT2D eigenvalue weighted by molar-refractivity contribution is -0.114. The highest BCUT2D eigenvalue weighted by Crippen LogP contribution is 2.32. The van der Waals surface area contributed by atoms with Crippen molar-refractivity contribution in [3.63, 3.8) is 0 Å². The largest absolute Gasteiger partial charge is 0.493 e. The molecule has 2 aromatic heterocycles. The molecule has 0 radical (unpaired) electrons. The molecule has 4 aromatic rings. The van der Waals surface area contributed by atoms with Crippen molar-refractivity contribution in [2.45, 2.75) is 24.9 Å². The number of amides is 2. The monoisotopic (exact) mass is 524 g/mol. The molecule has 37 heavy (non-hydrogen) atoms. The Morgan fingerprint density at radius 3 is 2.27 bits per heavy atom. The zero-order valence-corrected chi connectivity index (χ0v) is 20.9. The van der Waals surface area contributed by atoms with E-state index in [1.54, 1.807) is 36.4 Å². The number of anilines is 1. The van der Waals surface area contributed by atoms with Gasteiger partial charge in [0, 0.05) is 19.2 Å². The van der Waals surface area contributed by atoms with Gasteiger partial charge in [0.25, 0.3) is 5.91 Å². The van der Waals surface area contributed by atoms with E-state index in [1.165, 1.54) is 61.8 Å². The van der Waals surface area contributed by atoms with Gasteiger partial charge in [-0.15, -0.1) is 0 Å². The number of furan rings is 2. The first-order valence-electron chi connectivity index (χ1n) is 11.1. The van der Waals surface area contributed by atoms with Gasteiger partial charge >= 0.3 is 10.1 Å². The third-order valence-corrected chi connectivity index (χ3v) is 6.46. The van der Waals surface area contributed by atoms with Crippen LogP contribution in [0.15, 0.2) is 93.0 Å². The molecule has 0 bridgehead atoms. The number of carbonyl (C=O) groups is 2. The van der Waals surface area contributed by atoms with Gasteiger partial charge in [0.05, 0.1) is 26.2 Å². The highest BCUT2D eigenvalue weighted by molar-refractivity contribution is 7.87. The molecule has 2 aromatic carbocycles. The maximum absolute atomic E-state index is 13.1. The Hall–Kier alpha value is -4.51. The molecular weight excluding hydrogens is 500 g/mol. The molecule has 0 atom stereocenters. The van der Waals surface area contributed by atoms with Crippen LogP contribution in [0.4, 0.5) is 5.69 Å². The molecular formula is C26H24N2O8S. The van der Waals surface area contributed by atoms with Crippen LogP contribution in [0.2, 0.25) is 0 Å². The summed E-state index contributed by atoms with van der Waals surface area (Å²) in [5.41, 5.74) is 1.03. The number of ether oxygens (including phenoxy) is 1. The van der Waals surface area contributed by atoms with Crippen molar-refractivity contribution in [2.75, 3.05) is 12.4 Å². The molecule has 0 saturated heterocycles. The van der Waals surface area contributed by atoms with Crippen LogP contribution in [0.25, 0.3) is 0 Å². The maximum Gasteiger partial charge on any atom is 0.339 e. The van der Waals surface area contributed by atoms with Gasteiger partial charge in [0.15, 0.2) is 17.3 Å². The lowest BCUT2D eigenvalue weighted by atomic mass is 10.1. The van der Waals surface area contributed by atoms with E-state index in [0.29, 0.717) is 17.0 Å². The number of carbonyl (C=O) groups excluding carboxylic acids is 2. The van der Waals surface area contributed by atoms with Crippen LogP contribution < -0.4 is 14.2 Å². The molecule has 0 spiro atoms. The predicted molar refractivity (Wildman–Crippen MR) is 133 cm³/mol. The average Bonchev–Trinajstić information content (AvgIpc) is 3.58. The van der Waals surface area contributed by atoms with Gasteiger partial charge in [-0.2, -0.15) is 8.42 Å². The SMILES string of the molecule is COc1ccc(CN(Cc2ccco2)C(=O)c2ccco2)cc1OS(=O)(=O)c1ccc(NC(C)=O)cc1. The van der Waals surface area contributed by atoms with Crippen LogP contribution in [0.3, 0.4) is 0 Å². The number of hydrogen-bond donors (Lipinski definition) is 1. The van der Waals surface area contributed by atoms with E-state index in [2.05, 4.69) is 5.32 Å². The van der Waals surface area contributed by atoms with Gasteiger partial charge in [0.1, 0.15) is 10.7 Å². The summed E-state index contributed by atoms with van der Waals surface area (Å²) in [5, 5.41) is 2.57. The number of methoxy groups -OCH3 is 1. The summed E-state index contributed by atoms with van der Waals surface area (Å²) in [5.74, 6) is 0.218. The smallest absolute Gasteiger partial charge is 0.339 e. The van der Waals surface area contributed by atoms with Gasteiger partial charge in [-0.3, -0.25) is 9.59 Å². The first kappa shape index (κ1) is 25.6. The fraction of sp³-hybridized carbons (Fsp3) is 0.154. The third-order valence-electron chi connectivity index (χ3n) is 5.21. The van der Waals surface area contributed by atoms with Crippen LogP contribution in [0.5, 0.6) is 11.5 Å². The van der Waals surface area contributed by atoms with Crippen molar-refractivity contribution in [1.82, 2.24) is 4.90 Å². The zero-order chi connectivity index (χ0) is 26.4. The normalized spacial score (nSPS) is 11.1. The first-order chi connectivity index (χ1) is 17.7. The van der Waals surface area contributed by atoms with E-state index in [-0.39, 0.29) is 47.1 Å². The molecule has 1 N–H and O–H groups in total. The van der Waals surface area contributed by atoms with Crippen molar-refractivity contribution in [1.29, 1.82) is 0 Å². The highest BCUT2D eigenvalue weighted by atomic mass is 32.2. The van der Waals surface area contributed by atoms with E-state index in [1.807, 2.05) is 0 Å². The first-order valence-corrected chi connectivity index (χ1v) is 12.5. The van der Waals surface area contributed by atoms with Crippen LogP contribution in [-0.2, 0) is 28.0 Å². The summed E-state index contributed by atoms with van der Waals surface area (Å²) in [4.78, 5) is 25.7. The van der Waals surface area contributed by atoms with Crippen LogP contribution >= 0.6 is 0 Å². The molecule has 192 valence electrons. The Morgan fingerprint density at radius 2 is 1.65 bits per heavy atom. The molecule has 4 rings (SSSR count). The van der Waals surface area contributed by atoms with Gasteiger partial charge in [-0.1, -0.05) is 6.07 Å². The molecule has 0 aliphatic rings. The molecule has 11 heteroatoms. The summed E-state index contributed by atoms with van der Waals surface area (Å²) < 4.78 is 47.3. The maximum atomic E-state index is 13.1. The fourth-order valence-corrected chi connectivity index (χ4v) is 4.46. The van der Waals surface area contributed by atoms with E-state index < -0.39 is 10.1 Å². The lowest BCUT2D eigenvalue weighted by Gasteiger charge is -2.21. The van der Waals surface area contributed by atoms with E-state index >= 15 is 0 Å². The Balaban J connectivity index is 1.59. The predicted octanol–water partition coefficient (Wildman–Crippen LogP) is 4.45. The van der Waals surface area contributed by atoms with E-state index in [0.717, 1.165) is 0 Å². The van der Waals surface area contributed by atoms with Crippen molar-refractivity contribution in [3.8, 4) is 11.5 Å². The summed E-state index contributed by atoms with van der Waals surface area (Å²) in [6.45, 7) is 1.62. The second kappa shape index (κ2) is 11.0. The minimum Gasteiger partial charge on any atom is -0.493 e. The Bertz CT molecular complexity index is 1460. The number of hydrogen-bond acceptors (Lipinski definition) is 8. The quantitative estimate of drug-likeness (QED) is 0.301. The number of rotatable bonds is 10. The summed E-state index contributed by atoms with van der Waals surface area (Å²) in [7, 11) is -2.84. The van der Waals surface area contributed by atoms with Crippen LogP contribution in [-0.4, -0.2) is 32.2 Å². The van der Waals surface area contributed by atoms with Gasteiger partial charge < -0.3 is 28.0 Å². The van der Waals surface area contributed by atoms with E-state index in [9.17, 15) is 18.0 Å². The van der Waals surface area contributed by atoms with Crippen molar-refractivity contribution >= 4 is 27.6 Å². The number of nitrogens with one attached hydrogen (secondary N) is 1. The zero-order valence-electron chi connectivity index (χ0n) is 20.0. The van der Waals surface area contributed by atoms with Crippen molar-refractivity contribution in [2.24, 2.45) is 0 Å². The second-order valence-corrected chi connectivity index (χ2v) is 9.49. The summed E-state index contributed by atoms with van der Waals surface area (Å²) >= 11 is 0. The fourth-order valence-electron chi connectivity index (χ4n) is 3.53. The van der Waals surface area contributed by atoms with Crippen LogP contribution in [0.1, 0.15) is 28.8 Å². The van der Waals surface area contributed by atoms with Gasteiger partial charge in [-0.05, 0) is 66.2 Å². The Kier molecular flexibility index (Phi) is 7.63. The number of benzene rings is 2. The molecule has 0 unspecified atom stereocenters. The molecule has 0 saturated carbocycles. The second-order valence-electron chi connectivity index (χ2n) is 7.95. The van der Waals surface area contributed by atoms with E-state index in [4.69, 9.17) is 17.8 Å². The van der Waals surface area contributed by atoms with Crippen LogP contribution in [0, 0.1) is 0 Å². The minimum atomic E-state index is -4.23. The third kappa shape index (κ3) is 6.39. The lowest BCUT2D eigenvalue weighted by Crippen LogP contribution is -2.29. The molecule has 0 aliphatic heterocycles. The van der Waals surface area contributed by atoms with Crippen molar-refractivity contribution < 1.29 is 35.8 Å². The topological polar surface area (TPSA) is 128 Å².